The molecule has 1 aromatic heterocycles. The van der Waals surface area contributed by atoms with Gasteiger partial charge in [0.2, 0.25) is 0 Å². The number of aryl methyl sites for hydroxylation is 1. The maximum Gasteiger partial charge on any atom is 0.255 e. The predicted molar refractivity (Wildman–Crippen MR) is 102 cm³/mol. The quantitative estimate of drug-likeness (QED) is 0.548. The number of fused-ring (bicyclic) bond motifs is 2. The molecule has 0 saturated carbocycles. The number of aromatic amines is 1. The fourth-order valence-electron chi connectivity index (χ4n) is 3.31. The van der Waals surface area contributed by atoms with Gasteiger partial charge in [-0.3, -0.25) is 4.79 Å². The van der Waals surface area contributed by atoms with Gasteiger partial charge in [0, 0.05) is 39.7 Å². The lowest BCUT2D eigenvalue weighted by Crippen LogP contribution is -2.11. The molecule has 5 nitrogen and oxygen atoms in total. The molecule has 0 fully saturated rings. The van der Waals surface area contributed by atoms with Gasteiger partial charge in [-0.2, -0.15) is 5.26 Å². The molecule has 0 unspecified atom stereocenters. The second-order valence-corrected chi connectivity index (χ2v) is 7.16. The number of nitriles is 1. The van der Waals surface area contributed by atoms with E-state index in [1.165, 1.54) is 0 Å². The van der Waals surface area contributed by atoms with Crippen LogP contribution >= 0.6 is 11.9 Å². The van der Waals surface area contributed by atoms with Crippen molar-refractivity contribution < 1.29 is 0 Å². The minimum atomic E-state index is -0.0825. The third-order valence-corrected chi connectivity index (χ3v) is 5.65. The number of aromatic nitrogens is 1. The standard InChI is InChI=1S/C19H16N4OS/c1-11-10-22-19(24)14-3-2-4-17(18(11)14)25-23-6-5-13-15(21)7-12(9-20)8-16(13)23/h2-4,7-8,10H,5-6,21H2,1H3,(H,22,24). The van der Waals surface area contributed by atoms with Gasteiger partial charge >= 0.3 is 0 Å². The summed E-state index contributed by atoms with van der Waals surface area (Å²) in [4.78, 5) is 15.9. The van der Waals surface area contributed by atoms with Crippen molar-refractivity contribution in [1.29, 1.82) is 5.26 Å². The Morgan fingerprint density at radius 2 is 2.20 bits per heavy atom. The first-order valence-electron chi connectivity index (χ1n) is 7.97. The molecule has 3 N–H and O–H groups in total. The molecule has 0 atom stereocenters. The smallest absolute Gasteiger partial charge is 0.255 e. The van der Waals surface area contributed by atoms with Crippen molar-refractivity contribution in [1.82, 2.24) is 4.98 Å². The summed E-state index contributed by atoms with van der Waals surface area (Å²) in [6, 6.07) is 11.5. The van der Waals surface area contributed by atoms with Crippen LogP contribution < -0.4 is 15.6 Å². The largest absolute Gasteiger partial charge is 0.398 e. The first-order chi connectivity index (χ1) is 12.1. The SMILES string of the molecule is Cc1c[nH]c(=O)c2cccc(SN3CCc4c(N)cc(C#N)cc43)c12. The van der Waals surface area contributed by atoms with E-state index >= 15 is 0 Å². The Kier molecular flexibility index (Phi) is 3.66. The number of benzene rings is 2. The summed E-state index contributed by atoms with van der Waals surface area (Å²) in [5.74, 6) is 0. The number of rotatable bonds is 2. The molecule has 1 aliphatic heterocycles. The van der Waals surface area contributed by atoms with Crippen LogP contribution in [0.5, 0.6) is 0 Å². The van der Waals surface area contributed by atoms with Crippen molar-refractivity contribution in [3.05, 3.63) is 63.6 Å². The lowest BCUT2D eigenvalue weighted by molar-refractivity contribution is 1.05. The van der Waals surface area contributed by atoms with Gasteiger partial charge in [-0.15, -0.1) is 0 Å². The van der Waals surface area contributed by atoms with Gasteiger partial charge in [0.1, 0.15) is 0 Å². The highest BCUT2D eigenvalue weighted by molar-refractivity contribution is 8.00. The number of pyridine rings is 1. The summed E-state index contributed by atoms with van der Waals surface area (Å²) in [5, 5.41) is 10.9. The minimum Gasteiger partial charge on any atom is -0.398 e. The average molecular weight is 348 g/mol. The fourth-order valence-corrected chi connectivity index (χ4v) is 4.50. The fraction of sp³-hybridized carbons (Fsp3) is 0.158. The molecule has 1 aliphatic rings. The molecule has 0 radical (unpaired) electrons. The number of nitrogens with one attached hydrogen (secondary N) is 1. The third-order valence-electron chi connectivity index (χ3n) is 4.52. The van der Waals surface area contributed by atoms with E-state index < -0.39 is 0 Å². The molecule has 3 aromatic rings. The van der Waals surface area contributed by atoms with E-state index in [9.17, 15) is 10.1 Å². The van der Waals surface area contributed by atoms with Crippen molar-refractivity contribution in [2.75, 3.05) is 16.6 Å². The van der Waals surface area contributed by atoms with E-state index in [0.29, 0.717) is 16.6 Å². The zero-order valence-corrected chi connectivity index (χ0v) is 14.5. The highest BCUT2D eigenvalue weighted by atomic mass is 32.2. The predicted octanol–water partition coefficient (Wildman–Crippen LogP) is 3.36. The normalized spacial score (nSPS) is 13.0. The summed E-state index contributed by atoms with van der Waals surface area (Å²) in [6.07, 6.45) is 2.60. The zero-order chi connectivity index (χ0) is 17.6. The maximum absolute atomic E-state index is 12.1. The molecule has 0 bridgehead atoms. The lowest BCUT2D eigenvalue weighted by Gasteiger charge is -2.20. The second-order valence-electron chi connectivity index (χ2n) is 6.10. The van der Waals surface area contributed by atoms with Crippen LogP contribution in [0.2, 0.25) is 0 Å². The highest BCUT2D eigenvalue weighted by Gasteiger charge is 2.24. The van der Waals surface area contributed by atoms with Gasteiger partial charge in [0.15, 0.2) is 0 Å². The summed E-state index contributed by atoms with van der Waals surface area (Å²) < 4.78 is 2.15. The molecule has 0 amide bonds. The van der Waals surface area contributed by atoms with Crippen LogP contribution in [0.3, 0.4) is 0 Å². The molecular weight excluding hydrogens is 332 g/mol. The van der Waals surface area contributed by atoms with Crippen LogP contribution in [0.15, 0.2) is 46.2 Å². The molecule has 4 rings (SSSR count). The monoisotopic (exact) mass is 348 g/mol. The van der Waals surface area contributed by atoms with Gasteiger partial charge in [-0.1, -0.05) is 6.07 Å². The average Bonchev–Trinajstić information content (AvgIpc) is 3.01. The molecule has 25 heavy (non-hydrogen) atoms. The first kappa shape index (κ1) is 15.6. The van der Waals surface area contributed by atoms with E-state index in [4.69, 9.17) is 5.73 Å². The van der Waals surface area contributed by atoms with Crippen LogP contribution in [0.25, 0.3) is 10.8 Å². The molecule has 0 saturated heterocycles. The Bertz CT molecular complexity index is 1100. The van der Waals surface area contributed by atoms with E-state index in [2.05, 4.69) is 15.4 Å². The molecular formula is C19H16N4OS. The van der Waals surface area contributed by atoms with Gasteiger partial charge in [0.05, 0.1) is 17.3 Å². The van der Waals surface area contributed by atoms with Gasteiger partial charge in [-0.05, 0) is 55.1 Å². The van der Waals surface area contributed by atoms with E-state index in [0.717, 1.165) is 40.1 Å². The Morgan fingerprint density at radius 1 is 1.36 bits per heavy atom. The van der Waals surface area contributed by atoms with Crippen molar-refractivity contribution in [3.63, 3.8) is 0 Å². The van der Waals surface area contributed by atoms with Crippen LogP contribution in [0.1, 0.15) is 16.7 Å². The Labute approximate surface area is 149 Å². The second kappa shape index (κ2) is 5.87. The molecule has 0 spiro atoms. The Morgan fingerprint density at radius 3 is 3.00 bits per heavy atom. The van der Waals surface area contributed by atoms with E-state index in [1.807, 2.05) is 31.2 Å². The minimum absolute atomic E-state index is 0.0825. The van der Waals surface area contributed by atoms with E-state index in [-0.39, 0.29) is 5.56 Å². The molecule has 124 valence electrons. The van der Waals surface area contributed by atoms with Crippen molar-refractivity contribution in [2.45, 2.75) is 18.2 Å². The number of anilines is 2. The summed E-state index contributed by atoms with van der Waals surface area (Å²) in [7, 11) is 0. The number of nitrogen functional groups attached to an aromatic ring is 1. The van der Waals surface area contributed by atoms with Crippen molar-refractivity contribution in [2.24, 2.45) is 0 Å². The van der Waals surface area contributed by atoms with E-state index in [1.54, 1.807) is 24.2 Å². The first-order valence-corrected chi connectivity index (χ1v) is 8.75. The molecule has 2 aromatic carbocycles. The van der Waals surface area contributed by atoms with Gasteiger partial charge in [0.25, 0.3) is 5.56 Å². The summed E-state index contributed by atoms with van der Waals surface area (Å²) in [5.41, 5.74) is 10.4. The molecule has 6 heteroatoms. The van der Waals surface area contributed by atoms with Gasteiger partial charge < -0.3 is 15.0 Å². The Balaban J connectivity index is 1.81. The maximum atomic E-state index is 12.1. The van der Waals surface area contributed by atoms with Crippen LogP contribution in [0, 0.1) is 18.3 Å². The number of nitrogens with zero attached hydrogens (tertiary/aromatic N) is 2. The van der Waals surface area contributed by atoms with Crippen molar-refractivity contribution in [3.8, 4) is 6.07 Å². The summed E-state index contributed by atoms with van der Waals surface area (Å²) in [6.45, 7) is 2.81. The zero-order valence-electron chi connectivity index (χ0n) is 13.7. The number of hydrogen-bond acceptors (Lipinski definition) is 5. The van der Waals surface area contributed by atoms with Crippen molar-refractivity contribution >= 4 is 34.1 Å². The van der Waals surface area contributed by atoms with Crippen LogP contribution in [-0.4, -0.2) is 11.5 Å². The lowest BCUT2D eigenvalue weighted by atomic mass is 10.1. The van der Waals surface area contributed by atoms with Crippen LogP contribution in [0.4, 0.5) is 11.4 Å². The molecule has 0 aliphatic carbocycles. The van der Waals surface area contributed by atoms with Crippen LogP contribution in [-0.2, 0) is 6.42 Å². The summed E-state index contributed by atoms with van der Waals surface area (Å²) >= 11 is 1.59. The molecule has 2 heterocycles. The number of hydrogen-bond donors (Lipinski definition) is 2. The topological polar surface area (TPSA) is 85.9 Å². The third kappa shape index (κ3) is 2.53. The van der Waals surface area contributed by atoms with Gasteiger partial charge in [-0.25, -0.2) is 0 Å². The Hall–Kier alpha value is -2.91. The number of H-pyrrole nitrogens is 1. The highest BCUT2D eigenvalue weighted by Crippen LogP contribution is 2.41. The number of nitrogens with two attached hydrogens (primary N) is 1.